The van der Waals surface area contributed by atoms with Gasteiger partial charge < -0.3 is 23.7 Å². The summed E-state index contributed by atoms with van der Waals surface area (Å²) >= 11 is 0. The van der Waals surface area contributed by atoms with E-state index in [2.05, 4.69) is 20.4 Å². The molecule has 0 saturated carbocycles. The lowest BCUT2D eigenvalue weighted by molar-refractivity contribution is -0.212. The van der Waals surface area contributed by atoms with E-state index in [1.165, 1.54) is 13.8 Å². The van der Waals surface area contributed by atoms with Crippen molar-refractivity contribution in [3.8, 4) is 0 Å². The predicted octanol–water partition coefficient (Wildman–Crippen LogP) is 3.54. The highest BCUT2D eigenvalue weighted by atomic mass is 16.8. The lowest BCUT2D eigenvalue weighted by atomic mass is 9.90. The van der Waals surface area contributed by atoms with Crippen LogP contribution in [0.2, 0.25) is 0 Å². The number of unbranched alkanes of at least 4 members (excludes halogenated alkanes) is 2. The lowest BCUT2D eigenvalue weighted by Gasteiger charge is -2.34. The first-order chi connectivity index (χ1) is 13.4. The van der Waals surface area contributed by atoms with Crippen LogP contribution in [0, 0.1) is 0 Å². The molecule has 0 bridgehead atoms. The second-order valence-electron chi connectivity index (χ2n) is 7.11. The summed E-state index contributed by atoms with van der Waals surface area (Å²) in [5.74, 6) is -0.998. The Balaban J connectivity index is 3.15. The van der Waals surface area contributed by atoms with Gasteiger partial charge in [0.1, 0.15) is 11.7 Å². The molecule has 1 rings (SSSR count). The zero-order valence-corrected chi connectivity index (χ0v) is 17.7. The maximum absolute atomic E-state index is 11.7. The molecule has 7 heteroatoms. The number of hydrogen-bond acceptors (Lipinski definition) is 7. The summed E-state index contributed by atoms with van der Waals surface area (Å²) in [4.78, 5) is 23.3. The minimum absolute atomic E-state index is 0.257. The highest BCUT2D eigenvalue weighted by molar-refractivity contribution is 5.67. The van der Waals surface area contributed by atoms with Crippen molar-refractivity contribution < 1.29 is 33.3 Å². The minimum atomic E-state index is -1.03. The van der Waals surface area contributed by atoms with Gasteiger partial charge >= 0.3 is 11.9 Å². The number of carbonyl (C=O) groups excluding carboxylic acids is 2. The first-order valence-corrected chi connectivity index (χ1v) is 10.2. The van der Waals surface area contributed by atoms with Gasteiger partial charge in [-0.15, -0.1) is 6.58 Å². The van der Waals surface area contributed by atoms with Crippen LogP contribution in [0.5, 0.6) is 0 Å². The normalized spacial score (nSPS) is 26.8. The second kappa shape index (κ2) is 12.9. The van der Waals surface area contributed by atoms with Crippen LogP contribution in [0.15, 0.2) is 12.7 Å². The van der Waals surface area contributed by atoms with Crippen molar-refractivity contribution in [1.29, 1.82) is 0 Å². The van der Waals surface area contributed by atoms with Gasteiger partial charge in [0.15, 0.2) is 6.10 Å². The Labute approximate surface area is 168 Å². The van der Waals surface area contributed by atoms with E-state index >= 15 is 0 Å². The zero-order valence-electron chi connectivity index (χ0n) is 17.7. The van der Waals surface area contributed by atoms with Crippen LogP contribution in [-0.2, 0) is 33.3 Å². The Bertz CT molecular complexity index is 493. The SMILES string of the molecule is C=CCC[C@]1(COCCCC)O[C@@H](OC(C)=O)C(OC(C)=O)C1OCCCC. The van der Waals surface area contributed by atoms with Crippen molar-refractivity contribution in [1.82, 2.24) is 0 Å². The van der Waals surface area contributed by atoms with Gasteiger partial charge in [0.2, 0.25) is 6.29 Å². The largest absolute Gasteiger partial charge is 0.453 e. The van der Waals surface area contributed by atoms with Crippen molar-refractivity contribution in [3.05, 3.63) is 12.7 Å². The molecule has 1 aliphatic rings. The van der Waals surface area contributed by atoms with E-state index in [4.69, 9.17) is 23.7 Å². The second-order valence-corrected chi connectivity index (χ2v) is 7.11. The number of rotatable bonds is 14. The number of allylic oxidation sites excluding steroid dienone is 1. The molecule has 1 saturated heterocycles. The quantitative estimate of drug-likeness (QED) is 0.251. The molecule has 28 heavy (non-hydrogen) atoms. The van der Waals surface area contributed by atoms with Gasteiger partial charge in [-0.1, -0.05) is 32.8 Å². The van der Waals surface area contributed by atoms with E-state index in [1.807, 2.05) is 0 Å². The van der Waals surface area contributed by atoms with Crippen molar-refractivity contribution in [3.63, 3.8) is 0 Å². The minimum Gasteiger partial charge on any atom is -0.453 e. The molecule has 1 fully saturated rings. The van der Waals surface area contributed by atoms with E-state index in [-0.39, 0.29) is 6.61 Å². The summed E-state index contributed by atoms with van der Waals surface area (Å²) in [6, 6.07) is 0. The highest BCUT2D eigenvalue weighted by Crippen LogP contribution is 2.40. The molecule has 0 aromatic carbocycles. The highest BCUT2D eigenvalue weighted by Gasteiger charge is 2.59. The fourth-order valence-electron chi connectivity index (χ4n) is 3.20. The van der Waals surface area contributed by atoms with Gasteiger partial charge in [0.25, 0.3) is 0 Å². The molecule has 0 aromatic rings. The topological polar surface area (TPSA) is 80.3 Å². The Morgan fingerprint density at radius 1 is 1.07 bits per heavy atom. The van der Waals surface area contributed by atoms with E-state index in [1.54, 1.807) is 6.08 Å². The van der Waals surface area contributed by atoms with Gasteiger partial charge in [0, 0.05) is 27.1 Å². The third-order valence-electron chi connectivity index (χ3n) is 4.58. The van der Waals surface area contributed by atoms with Crippen molar-refractivity contribution >= 4 is 11.9 Å². The predicted molar refractivity (Wildman–Crippen MR) is 105 cm³/mol. The summed E-state index contributed by atoms with van der Waals surface area (Å²) in [6.07, 6.45) is 4.28. The monoisotopic (exact) mass is 400 g/mol. The molecule has 0 radical (unpaired) electrons. The van der Waals surface area contributed by atoms with Crippen LogP contribution in [0.25, 0.3) is 0 Å². The molecule has 0 N–H and O–H groups in total. The first kappa shape index (κ1) is 24.6. The number of ether oxygens (including phenoxy) is 5. The standard InChI is InChI=1S/C21H36O7/c1-6-9-12-21(15-24-13-10-7-2)19(25-14-11-8-3)18(26-16(4)22)20(28-21)27-17(5)23/h6,18-20H,1,7-15H2,2-5H3/t18?,19?,20-,21-/m1/s1. The number of esters is 2. The average molecular weight is 401 g/mol. The molecule has 0 amide bonds. The Hall–Kier alpha value is -1.44. The Morgan fingerprint density at radius 2 is 1.71 bits per heavy atom. The molecule has 1 aliphatic heterocycles. The van der Waals surface area contributed by atoms with Crippen LogP contribution in [0.1, 0.15) is 66.2 Å². The van der Waals surface area contributed by atoms with Crippen LogP contribution in [-0.4, -0.2) is 55.9 Å². The average Bonchev–Trinajstić information content (AvgIpc) is 2.89. The van der Waals surface area contributed by atoms with Gasteiger partial charge in [-0.3, -0.25) is 9.59 Å². The number of carbonyl (C=O) groups is 2. The summed E-state index contributed by atoms with van der Waals surface area (Å²) in [6.45, 7) is 11.9. The summed E-state index contributed by atoms with van der Waals surface area (Å²) in [5.41, 5.74) is -0.893. The van der Waals surface area contributed by atoms with Crippen LogP contribution < -0.4 is 0 Å². The first-order valence-electron chi connectivity index (χ1n) is 10.2. The molecule has 2 unspecified atom stereocenters. The molecule has 7 nitrogen and oxygen atoms in total. The Morgan fingerprint density at radius 3 is 2.29 bits per heavy atom. The van der Waals surface area contributed by atoms with Crippen molar-refractivity contribution in [2.24, 2.45) is 0 Å². The van der Waals surface area contributed by atoms with E-state index < -0.39 is 36.0 Å². The van der Waals surface area contributed by atoms with E-state index in [0.717, 1.165) is 25.7 Å². The third-order valence-corrected chi connectivity index (χ3v) is 4.58. The Kier molecular flexibility index (Phi) is 11.3. The number of hydrogen-bond donors (Lipinski definition) is 0. The zero-order chi connectivity index (χ0) is 21.0. The van der Waals surface area contributed by atoms with Gasteiger partial charge in [0.05, 0.1) is 6.61 Å². The molecule has 0 aliphatic carbocycles. The van der Waals surface area contributed by atoms with Gasteiger partial charge in [-0.2, -0.15) is 0 Å². The van der Waals surface area contributed by atoms with Crippen LogP contribution >= 0.6 is 0 Å². The van der Waals surface area contributed by atoms with Gasteiger partial charge in [-0.25, -0.2) is 0 Å². The molecule has 0 spiro atoms. The molecular weight excluding hydrogens is 364 g/mol. The summed E-state index contributed by atoms with van der Waals surface area (Å²) in [7, 11) is 0. The summed E-state index contributed by atoms with van der Waals surface area (Å²) < 4.78 is 29.0. The smallest absolute Gasteiger partial charge is 0.305 e. The van der Waals surface area contributed by atoms with Crippen molar-refractivity contribution in [2.75, 3.05) is 19.8 Å². The molecular formula is C21H36O7. The van der Waals surface area contributed by atoms with Crippen molar-refractivity contribution in [2.45, 2.75) is 90.3 Å². The van der Waals surface area contributed by atoms with Crippen LogP contribution in [0.3, 0.4) is 0 Å². The lowest BCUT2D eigenvalue weighted by Crippen LogP contribution is -2.49. The maximum Gasteiger partial charge on any atom is 0.305 e. The molecule has 162 valence electrons. The molecule has 1 heterocycles. The maximum atomic E-state index is 11.7. The molecule has 4 atom stereocenters. The fraction of sp³-hybridized carbons (Fsp3) is 0.810. The molecule has 0 aromatic heterocycles. The van der Waals surface area contributed by atoms with E-state index in [0.29, 0.717) is 26.1 Å². The fourth-order valence-corrected chi connectivity index (χ4v) is 3.20. The van der Waals surface area contributed by atoms with Crippen LogP contribution in [0.4, 0.5) is 0 Å². The van der Waals surface area contributed by atoms with E-state index in [9.17, 15) is 9.59 Å². The van der Waals surface area contributed by atoms with Gasteiger partial charge in [-0.05, 0) is 25.7 Å². The summed E-state index contributed by atoms with van der Waals surface area (Å²) in [5, 5.41) is 0. The third kappa shape index (κ3) is 7.53.